The molecule has 0 bridgehead atoms. The van der Waals surface area contributed by atoms with Crippen LogP contribution in [0.5, 0.6) is 0 Å². The number of thiocarbonyl (C=S) groups is 1. The number of halogens is 5. The van der Waals surface area contributed by atoms with Crippen LogP contribution in [0.1, 0.15) is 214 Å². The first kappa shape index (κ1) is 107. The maximum Gasteiger partial charge on any atom is 0.312 e. The number of carbonyl (C=O) groups is 3. The second-order valence-corrected chi connectivity index (χ2v) is 44.5. The molecule has 20 rings (SSSR count). The SMILES string of the molecule is CC(C)(C)OC(=O)CC1=N[C@@]2(c3ccccc3F)CC[C@@H](O)C[C@H]2CS1.Fc1ccccc1[C@]12CC[C@@H](OCc3ccccc3)C[C@H]1COC2.NC1=N[C@@]2(c3ccccc3F)CC[C@@H](OCc3ccccc3)C[C@H]2CS1.O=C(CC(=S)C[C@@]1(c2ccccc2F)CC[C@@H](OCc2ccccc2)C[C@H]1CO)c1ccccc1.O=C(CC1=N[C@@]2(c3ccccc3F)CC[C@@H](OCc3ccccc3)C[C@H]2CS1)c1ccccc1. The van der Waals surface area contributed by atoms with E-state index in [1.165, 1.54) is 47.2 Å². The van der Waals surface area contributed by atoms with E-state index in [4.69, 9.17) is 61.3 Å². The van der Waals surface area contributed by atoms with Crippen LogP contribution in [-0.2, 0) is 87.1 Å². The van der Waals surface area contributed by atoms with Crippen LogP contribution in [0, 0.1) is 58.7 Å². The number of aliphatic hydroxyl groups is 2. The fraction of sp³-hybridized carbons (Fsp3) is 0.397. The van der Waals surface area contributed by atoms with Gasteiger partial charge in [-0.1, -0.05) is 297 Å². The van der Waals surface area contributed by atoms with Crippen molar-refractivity contribution in [2.45, 2.75) is 233 Å². The van der Waals surface area contributed by atoms with Crippen molar-refractivity contribution in [1.29, 1.82) is 0 Å². The molecule has 4 heterocycles. The Hall–Kier alpha value is -10.5. The topological polar surface area (TPSA) is 210 Å². The maximum atomic E-state index is 15.2. The zero-order valence-electron chi connectivity index (χ0n) is 82.7. The first-order valence-electron chi connectivity index (χ1n) is 50.9. The summed E-state index contributed by atoms with van der Waals surface area (Å²) in [7, 11) is 0. The zero-order valence-corrected chi connectivity index (χ0v) is 85.9. The zero-order chi connectivity index (χ0) is 101. The molecule has 760 valence electrons. The average molecular weight is 2040 g/mol. The third kappa shape index (κ3) is 27.2. The molecule has 145 heavy (non-hydrogen) atoms. The summed E-state index contributed by atoms with van der Waals surface area (Å²) in [6, 6.07) is 93.7. The Morgan fingerprint density at radius 3 is 1.20 bits per heavy atom. The molecule has 0 amide bonds. The minimum Gasteiger partial charge on any atom is -0.460 e. The number of ether oxygens (including phenoxy) is 6. The van der Waals surface area contributed by atoms with Crippen molar-refractivity contribution in [3.8, 4) is 0 Å². The van der Waals surface area contributed by atoms with Gasteiger partial charge >= 0.3 is 5.97 Å². The molecule has 6 fully saturated rings. The van der Waals surface area contributed by atoms with Crippen molar-refractivity contribution in [2.75, 3.05) is 37.1 Å². The molecule has 24 heteroatoms. The number of hydrogen-bond donors (Lipinski definition) is 3. The highest BCUT2D eigenvalue weighted by Gasteiger charge is 2.55. The summed E-state index contributed by atoms with van der Waals surface area (Å²) in [6.45, 7) is 9.08. The normalized spacial score (nSPS) is 26.1. The maximum absolute atomic E-state index is 15.2. The van der Waals surface area contributed by atoms with Crippen LogP contribution >= 0.6 is 47.5 Å². The molecule has 4 N–H and O–H groups in total. The molecular formula is C121H131F5N4O11S4. The number of esters is 1. The molecule has 4 aliphatic heterocycles. The van der Waals surface area contributed by atoms with E-state index in [-0.39, 0.29) is 132 Å². The van der Waals surface area contributed by atoms with Gasteiger partial charge in [-0.25, -0.2) is 22.0 Å². The Morgan fingerprint density at radius 1 is 0.414 bits per heavy atom. The lowest BCUT2D eigenvalue weighted by molar-refractivity contribution is -0.153. The number of aliphatic hydroxyl groups excluding tert-OH is 2. The van der Waals surface area contributed by atoms with Crippen molar-refractivity contribution in [3.63, 3.8) is 0 Å². The van der Waals surface area contributed by atoms with Gasteiger partial charge < -0.3 is 44.4 Å². The summed E-state index contributed by atoms with van der Waals surface area (Å²) in [6.07, 6.45) is 12.4. The highest BCUT2D eigenvalue weighted by molar-refractivity contribution is 8.14. The van der Waals surface area contributed by atoms with Gasteiger partial charge in [-0.05, 0) is 199 Å². The Kier molecular flexibility index (Phi) is 37.4. The first-order chi connectivity index (χ1) is 70.3. The third-order valence-corrected chi connectivity index (χ3v) is 33.7. The van der Waals surface area contributed by atoms with Crippen molar-refractivity contribution in [3.05, 3.63) is 394 Å². The molecule has 15 atom stereocenters. The van der Waals surface area contributed by atoms with Crippen molar-refractivity contribution >= 4 is 85.2 Å². The van der Waals surface area contributed by atoms with Crippen LogP contribution in [0.3, 0.4) is 0 Å². The fourth-order valence-electron chi connectivity index (χ4n) is 22.8. The van der Waals surface area contributed by atoms with Gasteiger partial charge in [-0.2, -0.15) is 0 Å². The highest BCUT2D eigenvalue weighted by atomic mass is 32.2. The number of Topliss-reactive ketones (excluding diaryl/α,β-unsaturated/α-hetero) is 2. The number of thioether (sulfide) groups is 3. The van der Waals surface area contributed by atoms with Gasteiger partial charge in [0, 0.05) is 91.6 Å². The Labute approximate surface area is 867 Å². The van der Waals surface area contributed by atoms with Gasteiger partial charge in [0.1, 0.15) is 34.7 Å². The van der Waals surface area contributed by atoms with E-state index in [9.17, 15) is 37.8 Å². The summed E-state index contributed by atoms with van der Waals surface area (Å²) in [4.78, 5) is 53.3. The summed E-state index contributed by atoms with van der Waals surface area (Å²) in [5.41, 5.74) is 12.0. The van der Waals surface area contributed by atoms with Crippen LogP contribution in [0.15, 0.2) is 318 Å². The standard InChI is InChI=1S/C30H31FO3S.C29H28FNO2S.C21H23FN2OS.C21H23FO2.C20H26FNO3S/c31-28-14-8-7-13-27(28)30(19-26(35)18-29(33)23-11-5-2-6-12-23)16-15-25(17-24(30)20-32)34-21-22-9-3-1-4-10-22;30-26-14-8-7-13-25(26)29-16-15-24(33-19-21-9-3-1-4-10-21)17-23(29)20-34-28(31-29)18-27(32)22-11-5-2-6-12-22;22-19-9-5-4-8-18(19)21-11-10-17(12-16(21)14-26-20(23)24-21)25-13-15-6-2-1-3-7-15;22-20-9-5-4-8-19(20)21-11-10-18(12-17(21)14-23-15-21)24-13-16-6-2-1-3-7-16;1-19(2,3)25-18(24)11-17-22-20(15-6-4-5-7-16(15)21)9-8-14(23)10-13(20)12-26-17/h1-14,24-25,32H,15-21H2;1-14,23-24H,15-20H2;1-9,16-17H,10-14H2,(H2,23,24);1-9,17-18H,10-15H2;4-7,13-14,23H,8-12H2,1-3H3/t24-,25+,30-;23-,24+,29-;16-,17+,21-;17-,18+,21-;13-,14+,20-/m00000/s1. The average Bonchev–Trinajstić information content (AvgIpc) is 1.72. The molecule has 0 unspecified atom stereocenters. The molecule has 15 nitrogen and oxygen atoms in total. The quantitative estimate of drug-likeness (QED) is 0.0180. The number of aliphatic imine (C=N–C) groups is 3. The van der Waals surface area contributed by atoms with E-state index in [1.807, 2.05) is 203 Å². The van der Waals surface area contributed by atoms with E-state index in [1.54, 1.807) is 84.2 Å². The number of ketones is 2. The second kappa shape index (κ2) is 50.5. The molecule has 11 aromatic rings. The van der Waals surface area contributed by atoms with Crippen LogP contribution in [0.25, 0.3) is 0 Å². The highest BCUT2D eigenvalue weighted by Crippen LogP contribution is 2.56. The van der Waals surface area contributed by atoms with Crippen LogP contribution in [-0.4, -0.2) is 121 Å². The van der Waals surface area contributed by atoms with Gasteiger partial charge in [0.15, 0.2) is 16.7 Å². The second-order valence-electron chi connectivity index (χ2n) is 40.7. The monoisotopic (exact) mass is 2040 g/mol. The summed E-state index contributed by atoms with van der Waals surface area (Å²) < 4.78 is 110. The summed E-state index contributed by atoms with van der Waals surface area (Å²) in [5.74, 6) is 1.51. The van der Waals surface area contributed by atoms with Crippen molar-refractivity contribution in [1.82, 2.24) is 0 Å². The van der Waals surface area contributed by atoms with Gasteiger partial charge in [0.05, 0.1) is 110 Å². The number of benzene rings is 11. The minimum atomic E-state index is -0.701. The summed E-state index contributed by atoms with van der Waals surface area (Å²) >= 11 is 10.4. The molecule has 0 aromatic heterocycles. The minimum absolute atomic E-state index is 0.0354. The van der Waals surface area contributed by atoms with E-state index < -0.39 is 27.6 Å². The molecule has 1 saturated heterocycles. The third-order valence-electron chi connectivity index (χ3n) is 30.2. The molecule has 0 radical (unpaired) electrons. The van der Waals surface area contributed by atoms with E-state index in [0.29, 0.717) is 145 Å². The molecule has 5 saturated carbocycles. The van der Waals surface area contributed by atoms with Gasteiger partial charge in [0.2, 0.25) is 0 Å². The molecular weight excluding hydrogens is 1910 g/mol. The Morgan fingerprint density at radius 2 is 0.766 bits per heavy atom. The Balaban J connectivity index is 0.000000131. The van der Waals surface area contributed by atoms with E-state index in [0.717, 1.165) is 91.0 Å². The smallest absolute Gasteiger partial charge is 0.312 e. The van der Waals surface area contributed by atoms with Crippen LogP contribution in [0.4, 0.5) is 22.0 Å². The lowest BCUT2D eigenvalue weighted by Gasteiger charge is -2.47. The number of rotatable bonds is 28. The number of carbonyl (C=O) groups excluding carboxylic acids is 3. The molecule has 11 aromatic carbocycles. The van der Waals surface area contributed by atoms with Crippen LogP contribution in [0.2, 0.25) is 0 Å². The van der Waals surface area contributed by atoms with Gasteiger partial charge in [0.25, 0.3) is 0 Å². The molecule has 0 spiro atoms. The number of nitrogens with zero attached hydrogens (tertiary/aromatic N) is 3. The lowest BCUT2D eigenvalue weighted by atomic mass is 9.59. The predicted octanol–water partition coefficient (Wildman–Crippen LogP) is 26.3. The Bertz CT molecular complexity index is 6220. The fourth-order valence-corrected chi connectivity index (χ4v) is 26.7. The summed E-state index contributed by atoms with van der Waals surface area (Å²) in [5, 5.41) is 22.6. The first-order valence-corrected chi connectivity index (χ1v) is 54.2. The van der Waals surface area contributed by atoms with Gasteiger partial charge in [-0.15, -0.1) is 23.5 Å². The number of nitrogens with two attached hydrogens (primary N) is 1. The van der Waals surface area contributed by atoms with E-state index in [2.05, 4.69) is 36.4 Å². The van der Waals surface area contributed by atoms with Crippen molar-refractivity contribution in [2.24, 2.45) is 50.3 Å². The number of amidine groups is 1. The van der Waals surface area contributed by atoms with Crippen LogP contribution < -0.4 is 5.73 Å². The van der Waals surface area contributed by atoms with E-state index >= 15 is 8.78 Å². The van der Waals surface area contributed by atoms with Gasteiger partial charge in [-0.3, -0.25) is 29.4 Å². The largest absolute Gasteiger partial charge is 0.460 e. The lowest BCUT2D eigenvalue weighted by Crippen LogP contribution is -2.46. The number of hydrogen-bond acceptors (Lipinski definition) is 19. The predicted molar refractivity (Wildman–Crippen MR) is 573 cm³/mol. The molecule has 9 aliphatic rings. The molecule has 5 aliphatic carbocycles. The van der Waals surface area contributed by atoms with Crippen molar-refractivity contribution < 1.29 is 75.0 Å². The number of fused-ring (bicyclic) bond motifs is 4.